The fourth-order valence-corrected chi connectivity index (χ4v) is 3.72. The molecule has 0 saturated carbocycles. The number of Topliss-reactive ketones (excluding diaryl/α,β-unsaturated/α-hetero) is 1. The van der Waals surface area contributed by atoms with E-state index >= 15 is 0 Å². The molecule has 5 heteroatoms. The SMILES string of the molecule is CCN(C(=O)CN1CCC(C(=O)c2ccc(Cl)cc2)CC1)c1ccccc1. The standard InChI is InChI=1S/C22H25ClN2O2/c1-2-25(20-6-4-3-5-7-20)21(26)16-24-14-12-18(13-15-24)22(27)17-8-10-19(23)11-9-17/h3-11,18H,2,12-16H2,1H3. The Bertz CT molecular complexity index is 769. The van der Waals surface area contributed by atoms with Crippen LogP contribution < -0.4 is 4.90 Å². The number of anilines is 1. The van der Waals surface area contributed by atoms with Crippen LogP contribution >= 0.6 is 11.6 Å². The smallest absolute Gasteiger partial charge is 0.241 e. The molecule has 0 bridgehead atoms. The number of halogens is 1. The summed E-state index contributed by atoms with van der Waals surface area (Å²) in [6, 6.07) is 16.8. The Hall–Kier alpha value is -2.17. The number of piperidine rings is 1. The normalized spacial score (nSPS) is 15.5. The molecule has 142 valence electrons. The minimum absolute atomic E-state index is 0.0222. The number of ketones is 1. The van der Waals surface area contributed by atoms with Gasteiger partial charge in [-0.2, -0.15) is 0 Å². The average molecular weight is 385 g/mol. The molecule has 1 saturated heterocycles. The summed E-state index contributed by atoms with van der Waals surface area (Å²) in [5.41, 5.74) is 1.65. The van der Waals surface area contributed by atoms with Gasteiger partial charge in [-0.25, -0.2) is 0 Å². The Labute approximate surface area is 165 Å². The Kier molecular flexibility index (Phi) is 6.64. The van der Waals surface area contributed by atoms with Crippen molar-refractivity contribution in [3.8, 4) is 0 Å². The van der Waals surface area contributed by atoms with Crippen LogP contribution in [-0.2, 0) is 4.79 Å². The highest BCUT2D eigenvalue weighted by molar-refractivity contribution is 6.30. The van der Waals surface area contributed by atoms with Crippen LogP contribution in [0.5, 0.6) is 0 Å². The summed E-state index contributed by atoms with van der Waals surface area (Å²) in [4.78, 5) is 29.3. The monoisotopic (exact) mass is 384 g/mol. The molecule has 0 spiro atoms. The van der Waals surface area contributed by atoms with Gasteiger partial charge in [-0.3, -0.25) is 14.5 Å². The maximum absolute atomic E-state index is 12.7. The minimum atomic E-state index is 0.0222. The van der Waals surface area contributed by atoms with Crippen molar-refractivity contribution >= 4 is 29.0 Å². The van der Waals surface area contributed by atoms with Crippen molar-refractivity contribution in [2.24, 2.45) is 5.92 Å². The summed E-state index contributed by atoms with van der Waals surface area (Å²) in [5, 5.41) is 0.638. The van der Waals surface area contributed by atoms with Crippen molar-refractivity contribution < 1.29 is 9.59 Å². The van der Waals surface area contributed by atoms with Gasteiger partial charge in [0.25, 0.3) is 0 Å². The molecule has 2 aromatic carbocycles. The number of carbonyl (C=O) groups is 2. The number of carbonyl (C=O) groups excluding carboxylic acids is 2. The maximum Gasteiger partial charge on any atom is 0.241 e. The van der Waals surface area contributed by atoms with E-state index in [2.05, 4.69) is 4.90 Å². The van der Waals surface area contributed by atoms with Crippen molar-refractivity contribution in [2.75, 3.05) is 31.1 Å². The van der Waals surface area contributed by atoms with Crippen LogP contribution in [0.4, 0.5) is 5.69 Å². The molecule has 0 aromatic heterocycles. The highest BCUT2D eigenvalue weighted by Gasteiger charge is 2.27. The number of hydrogen-bond acceptors (Lipinski definition) is 3. The summed E-state index contributed by atoms with van der Waals surface area (Å²) in [6.07, 6.45) is 1.57. The molecule has 3 rings (SSSR count). The van der Waals surface area contributed by atoms with Crippen molar-refractivity contribution in [1.82, 2.24) is 4.90 Å². The zero-order valence-corrected chi connectivity index (χ0v) is 16.4. The topological polar surface area (TPSA) is 40.6 Å². The Morgan fingerprint density at radius 2 is 1.67 bits per heavy atom. The third-order valence-corrected chi connectivity index (χ3v) is 5.38. The number of nitrogens with zero attached hydrogens (tertiary/aromatic N) is 2. The zero-order chi connectivity index (χ0) is 19.2. The molecule has 1 aliphatic rings. The van der Waals surface area contributed by atoms with E-state index in [-0.39, 0.29) is 17.6 Å². The van der Waals surface area contributed by atoms with Crippen molar-refractivity contribution in [3.63, 3.8) is 0 Å². The van der Waals surface area contributed by atoms with Crippen LogP contribution in [0.25, 0.3) is 0 Å². The Morgan fingerprint density at radius 3 is 2.26 bits per heavy atom. The zero-order valence-electron chi connectivity index (χ0n) is 15.6. The lowest BCUT2D eigenvalue weighted by Gasteiger charge is -2.32. The Morgan fingerprint density at radius 1 is 1.04 bits per heavy atom. The molecule has 0 radical (unpaired) electrons. The van der Waals surface area contributed by atoms with Crippen LogP contribution in [0.15, 0.2) is 54.6 Å². The second-order valence-electron chi connectivity index (χ2n) is 6.90. The van der Waals surface area contributed by atoms with Gasteiger partial charge >= 0.3 is 0 Å². The van der Waals surface area contributed by atoms with Crippen LogP contribution in [0.1, 0.15) is 30.1 Å². The average Bonchev–Trinajstić information content (AvgIpc) is 2.70. The quantitative estimate of drug-likeness (QED) is 0.697. The van der Waals surface area contributed by atoms with E-state index in [1.807, 2.05) is 42.2 Å². The van der Waals surface area contributed by atoms with Crippen LogP contribution in [0, 0.1) is 5.92 Å². The van der Waals surface area contributed by atoms with Gasteiger partial charge in [0.2, 0.25) is 5.91 Å². The van der Waals surface area contributed by atoms with Crippen molar-refractivity contribution in [3.05, 3.63) is 65.2 Å². The summed E-state index contributed by atoms with van der Waals surface area (Å²) in [7, 11) is 0. The lowest BCUT2D eigenvalue weighted by molar-refractivity contribution is -0.120. The molecular formula is C22H25ClN2O2. The van der Waals surface area contributed by atoms with Gasteiger partial charge < -0.3 is 4.90 Å². The highest BCUT2D eigenvalue weighted by Crippen LogP contribution is 2.23. The fourth-order valence-electron chi connectivity index (χ4n) is 3.59. The molecule has 1 aliphatic heterocycles. The van der Waals surface area contributed by atoms with E-state index in [0.29, 0.717) is 18.1 Å². The number of hydrogen-bond donors (Lipinski definition) is 0. The summed E-state index contributed by atoms with van der Waals surface area (Å²) < 4.78 is 0. The van der Waals surface area contributed by atoms with Gasteiger partial charge in [-0.1, -0.05) is 29.8 Å². The molecule has 1 heterocycles. The van der Waals surface area contributed by atoms with Crippen LogP contribution in [0.2, 0.25) is 5.02 Å². The van der Waals surface area contributed by atoms with E-state index in [1.54, 1.807) is 24.3 Å². The van der Waals surface area contributed by atoms with E-state index in [0.717, 1.165) is 37.2 Å². The van der Waals surface area contributed by atoms with E-state index in [4.69, 9.17) is 11.6 Å². The maximum atomic E-state index is 12.7. The second-order valence-corrected chi connectivity index (χ2v) is 7.33. The lowest BCUT2D eigenvalue weighted by atomic mass is 9.89. The summed E-state index contributed by atoms with van der Waals surface area (Å²) in [5.74, 6) is 0.303. The third-order valence-electron chi connectivity index (χ3n) is 5.13. The summed E-state index contributed by atoms with van der Waals surface area (Å²) >= 11 is 5.90. The molecule has 2 aromatic rings. The predicted molar refractivity (Wildman–Crippen MR) is 109 cm³/mol. The van der Waals surface area contributed by atoms with Gasteiger partial charge in [0.15, 0.2) is 5.78 Å². The number of likely N-dealkylation sites (tertiary alicyclic amines) is 1. The van der Waals surface area contributed by atoms with Gasteiger partial charge in [0.1, 0.15) is 0 Å². The molecule has 27 heavy (non-hydrogen) atoms. The first kappa shape index (κ1) is 19.6. The lowest BCUT2D eigenvalue weighted by Crippen LogP contribution is -2.44. The number of likely N-dealkylation sites (N-methyl/N-ethyl adjacent to an activating group) is 1. The van der Waals surface area contributed by atoms with Crippen LogP contribution in [0.3, 0.4) is 0 Å². The van der Waals surface area contributed by atoms with Crippen molar-refractivity contribution in [2.45, 2.75) is 19.8 Å². The molecule has 1 fully saturated rings. The van der Waals surface area contributed by atoms with Gasteiger partial charge in [0.05, 0.1) is 6.54 Å². The first-order valence-electron chi connectivity index (χ1n) is 9.46. The van der Waals surface area contributed by atoms with Gasteiger partial charge in [-0.05, 0) is 69.3 Å². The molecule has 0 aliphatic carbocycles. The molecule has 1 amide bonds. The molecule has 0 unspecified atom stereocenters. The minimum Gasteiger partial charge on any atom is -0.312 e. The summed E-state index contributed by atoms with van der Waals surface area (Å²) in [6.45, 7) is 4.56. The largest absolute Gasteiger partial charge is 0.312 e. The Balaban J connectivity index is 1.53. The molecular weight excluding hydrogens is 360 g/mol. The van der Waals surface area contributed by atoms with Crippen molar-refractivity contribution in [1.29, 1.82) is 0 Å². The molecule has 4 nitrogen and oxygen atoms in total. The first-order valence-corrected chi connectivity index (χ1v) is 9.84. The molecule has 0 atom stereocenters. The fraction of sp³-hybridized carbons (Fsp3) is 0.364. The van der Waals surface area contributed by atoms with E-state index in [1.165, 1.54) is 0 Å². The number of para-hydroxylation sites is 1. The van der Waals surface area contributed by atoms with Gasteiger partial charge in [-0.15, -0.1) is 0 Å². The number of rotatable bonds is 6. The first-order chi connectivity index (χ1) is 13.1. The predicted octanol–water partition coefficient (Wildman–Crippen LogP) is 4.29. The molecule has 0 N–H and O–H groups in total. The third kappa shape index (κ3) is 4.96. The number of amides is 1. The highest BCUT2D eigenvalue weighted by atomic mass is 35.5. The second kappa shape index (κ2) is 9.16. The van der Waals surface area contributed by atoms with Crippen LogP contribution in [-0.4, -0.2) is 42.8 Å². The van der Waals surface area contributed by atoms with Gasteiger partial charge in [0, 0.05) is 28.7 Å². The van der Waals surface area contributed by atoms with E-state index in [9.17, 15) is 9.59 Å². The number of benzene rings is 2. The van der Waals surface area contributed by atoms with E-state index < -0.39 is 0 Å².